The molecule has 3 N–H and O–H groups in total. The minimum atomic E-state index is -1.18. The first-order valence-corrected chi connectivity index (χ1v) is 5.35. The van der Waals surface area contributed by atoms with Crippen molar-refractivity contribution in [3.8, 4) is 11.5 Å². The van der Waals surface area contributed by atoms with Crippen LogP contribution < -0.4 is 10.5 Å². The predicted molar refractivity (Wildman–Crippen MR) is 63.8 cm³/mol. The molecule has 3 nitrogen and oxygen atoms in total. The van der Waals surface area contributed by atoms with Crippen molar-refractivity contribution in [3.63, 3.8) is 0 Å². The first-order valence-electron chi connectivity index (χ1n) is 5.35. The van der Waals surface area contributed by atoms with Crippen LogP contribution in [0.4, 0.5) is 17.6 Å². The van der Waals surface area contributed by atoms with Crippen molar-refractivity contribution in [1.29, 1.82) is 5.41 Å². The Kier molecular flexibility index (Phi) is 3.60. The number of benzene rings is 2. The zero-order valence-corrected chi connectivity index (χ0v) is 9.88. The Labute approximate surface area is 111 Å². The second-order valence-electron chi connectivity index (χ2n) is 3.86. The van der Waals surface area contributed by atoms with E-state index in [1.54, 1.807) is 0 Å². The van der Waals surface area contributed by atoms with E-state index in [-0.39, 0.29) is 5.56 Å². The van der Waals surface area contributed by atoms with Crippen molar-refractivity contribution in [1.82, 2.24) is 0 Å². The number of hydrogen-bond acceptors (Lipinski definition) is 2. The third kappa shape index (κ3) is 2.71. The largest absolute Gasteiger partial charge is 0.448 e. The summed E-state index contributed by atoms with van der Waals surface area (Å²) in [4.78, 5) is 0. The number of hydrogen-bond donors (Lipinski definition) is 2. The molecule has 0 aliphatic rings. The van der Waals surface area contributed by atoms with E-state index in [2.05, 4.69) is 0 Å². The molecule has 0 spiro atoms. The molecule has 0 aromatic heterocycles. The van der Waals surface area contributed by atoms with Gasteiger partial charge in [-0.05, 0) is 24.3 Å². The molecule has 0 bridgehead atoms. The molecular formula is C13H8F4N2O. The first kappa shape index (κ1) is 13.9. The van der Waals surface area contributed by atoms with Gasteiger partial charge in [-0.25, -0.2) is 17.6 Å². The highest BCUT2D eigenvalue weighted by atomic mass is 19.1. The number of nitrogens with one attached hydrogen (secondary N) is 1. The Bertz CT molecular complexity index is 665. The van der Waals surface area contributed by atoms with Crippen molar-refractivity contribution in [2.24, 2.45) is 5.73 Å². The standard InChI is InChI=1S/C13H8F4N2O/c14-7-1-2-8(15)11(5-7)20-12-9(16)3-6(13(18)19)4-10(12)17/h1-5H,(H3,18,19). The van der Waals surface area contributed by atoms with E-state index in [1.165, 1.54) is 0 Å². The fourth-order valence-corrected chi connectivity index (χ4v) is 1.48. The van der Waals surface area contributed by atoms with E-state index in [4.69, 9.17) is 15.9 Å². The van der Waals surface area contributed by atoms with Gasteiger partial charge in [0.15, 0.2) is 29.0 Å². The maximum Gasteiger partial charge on any atom is 0.198 e. The van der Waals surface area contributed by atoms with Crippen LogP contribution in [0.2, 0.25) is 0 Å². The topological polar surface area (TPSA) is 59.1 Å². The smallest absolute Gasteiger partial charge is 0.198 e. The molecule has 2 aromatic carbocycles. The molecule has 20 heavy (non-hydrogen) atoms. The highest BCUT2D eigenvalue weighted by Crippen LogP contribution is 2.30. The number of nitrogen functional groups attached to an aromatic ring is 1. The summed E-state index contributed by atoms with van der Waals surface area (Å²) in [6.07, 6.45) is 0. The molecule has 0 saturated heterocycles. The lowest BCUT2D eigenvalue weighted by atomic mass is 10.2. The van der Waals surface area contributed by atoms with Crippen LogP contribution in [0.25, 0.3) is 0 Å². The molecule has 104 valence electrons. The van der Waals surface area contributed by atoms with Crippen molar-refractivity contribution >= 4 is 5.84 Å². The van der Waals surface area contributed by atoms with Gasteiger partial charge in [-0.15, -0.1) is 0 Å². The highest BCUT2D eigenvalue weighted by molar-refractivity contribution is 5.95. The van der Waals surface area contributed by atoms with Crippen molar-refractivity contribution in [2.45, 2.75) is 0 Å². The second-order valence-corrected chi connectivity index (χ2v) is 3.86. The molecule has 0 aliphatic carbocycles. The van der Waals surface area contributed by atoms with Crippen molar-refractivity contribution < 1.29 is 22.3 Å². The average molecular weight is 284 g/mol. The fraction of sp³-hybridized carbons (Fsp3) is 0. The zero-order valence-electron chi connectivity index (χ0n) is 9.88. The minimum Gasteiger partial charge on any atom is -0.448 e. The summed E-state index contributed by atoms with van der Waals surface area (Å²) >= 11 is 0. The van der Waals surface area contributed by atoms with Gasteiger partial charge in [0.05, 0.1) is 0 Å². The molecule has 0 heterocycles. The number of ether oxygens (including phenoxy) is 1. The monoisotopic (exact) mass is 284 g/mol. The zero-order chi connectivity index (χ0) is 14.9. The SMILES string of the molecule is N=C(N)c1cc(F)c(Oc2cc(F)ccc2F)c(F)c1. The van der Waals surface area contributed by atoms with Crippen LogP contribution in [0.3, 0.4) is 0 Å². The maximum absolute atomic E-state index is 13.7. The van der Waals surface area contributed by atoms with Gasteiger partial charge >= 0.3 is 0 Å². The molecular weight excluding hydrogens is 276 g/mol. The number of amidine groups is 1. The lowest BCUT2D eigenvalue weighted by Gasteiger charge is -2.10. The average Bonchev–Trinajstić information content (AvgIpc) is 2.37. The summed E-state index contributed by atoms with van der Waals surface area (Å²) in [5, 5.41) is 7.08. The van der Waals surface area contributed by atoms with E-state index in [1.807, 2.05) is 0 Å². The molecule has 0 radical (unpaired) electrons. The lowest BCUT2D eigenvalue weighted by Crippen LogP contribution is -2.12. The van der Waals surface area contributed by atoms with E-state index in [0.29, 0.717) is 6.07 Å². The van der Waals surface area contributed by atoms with Gasteiger partial charge in [-0.3, -0.25) is 5.41 Å². The third-order valence-corrected chi connectivity index (χ3v) is 2.41. The van der Waals surface area contributed by atoms with Crippen molar-refractivity contribution in [2.75, 3.05) is 0 Å². The van der Waals surface area contributed by atoms with E-state index in [9.17, 15) is 17.6 Å². The fourth-order valence-electron chi connectivity index (χ4n) is 1.48. The Balaban J connectivity index is 2.44. The minimum absolute atomic E-state index is 0.188. The molecule has 0 saturated carbocycles. The first-order chi connectivity index (χ1) is 9.38. The van der Waals surface area contributed by atoms with Crippen LogP contribution in [0, 0.1) is 28.7 Å². The van der Waals surface area contributed by atoms with Crippen LogP contribution in [0.5, 0.6) is 11.5 Å². The number of halogens is 4. The Morgan fingerprint density at radius 3 is 2.10 bits per heavy atom. The predicted octanol–water partition coefficient (Wildman–Crippen LogP) is 3.32. The Morgan fingerprint density at radius 1 is 0.950 bits per heavy atom. The highest BCUT2D eigenvalue weighted by Gasteiger charge is 2.17. The normalized spacial score (nSPS) is 10.4. The maximum atomic E-state index is 13.7. The summed E-state index contributed by atoms with van der Waals surface area (Å²) in [6, 6.07) is 3.79. The molecule has 7 heteroatoms. The molecule has 0 fully saturated rings. The Hall–Kier alpha value is -2.57. The molecule has 0 atom stereocenters. The quantitative estimate of drug-likeness (QED) is 0.516. The third-order valence-electron chi connectivity index (χ3n) is 2.41. The van der Waals surface area contributed by atoms with Gasteiger partial charge in [-0.1, -0.05) is 0 Å². The van der Waals surface area contributed by atoms with Crippen LogP contribution in [0.15, 0.2) is 30.3 Å². The molecule has 0 unspecified atom stereocenters. The Morgan fingerprint density at radius 2 is 1.55 bits per heavy atom. The summed E-state index contributed by atoms with van der Waals surface area (Å²) in [5.74, 6) is -6.25. The molecule has 0 aliphatic heterocycles. The van der Waals surface area contributed by atoms with Crippen LogP contribution in [-0.4, -0.2) is 5.84 Å². The van der Waals surface area contributed by atoms with Gasteiger partial charge in [-0.2, -0.15) is 0 Å². The van der Waals surface area contributed by atoms with E-state index < -0.39 is 40.6 Å². The van der Waals surface area contributed by atoms with Gasteiger partial charge in [0.1, 0.15) is 11.7 Å². The molecule has 2 aromatic rings. The summed E-state index contributed by atoms with van der Waals surface area (Å²) in [6.45, 7) is 0. The van der Waals surface area contributed by atoms with Gasteiger partial charge in [0, 0.05) is 11.6 Å². The van der Waals surface area contributed by atoms with Crippen LogP contribution >= 0.6 is 0 Å². The number of nitrogens with two attached hydrogens (primary N) is 1. The lowest BCUT2D eigenvalue weighted by molar-refractivity contribution is 0.384. The second kappa shape index (κ2) is 5.20. The molecule has 0 amide bonds. The van der Waals surface area contributed by atoms with Crippen LogP contribution in [-0.2, 0) is 0 Å². The van der Waals surface area contributed by atoms with Gasteiger partial charge in [0.2, 0.25) is 0 Å². The van der Waals surface area contributed by atoms with Gasteiger partial charge < -0.3 is 10.5 Å². The van der Waals surface area contributed by atoms with E-state index >= 15 is 0 Å². The summed E-state index contributed by atoms with van der Waals surface area (Å²) in [5.41, 5.74) is 4.91. The van der Waals surface area contributed by atoms with Crippen molar-refractivity contribution in [3.05, 3.63) is 59.2 Å². The number of rotatable bonds is 3. The summed E-state index contributed by atoms with van der Waals surface area (Å²) in [7, 11) is 0. The summed E-state index contributed by atoms with van der Waals surface area (Å²) < 4.78 is 58.3. The molecule has 2 rings (SSSR count). The van der Waals surface area contributed by atoms with E-state index in [0.717, 1.165) is 24.3 Å². The van der Waals surface area contributed by atoms with Crippen LogP contribution in [0.1, 0.15) is 5.56 Å². The van der Waals surface area contributed by atoms with Gasteiger partial charge in [0.25, 0.3) is 0 Å².